The van der Waals surface area contributed by atoms with Crippen LogP contribution in [0, 0.1) is 11.8 Å². The van der Waals surface area contributed by atoms with Gasteiger partial charge < -0.3 is 48.7 Å². The monoisotopic (exact) mass is 615 g/mol. The minimum Gasteiger partial charge on any atom is -0.481 e. The van der Waals surface area contributed by atoms with E-state index in [9.17, 15) is 43.8 Å². The molecule has 0 aliphatic heterocycles. The molecule has 0 saturated carbocycles. The van der Waals surface area contributed by atoms with Gasteiger partial charge in [-0.25, -0.2) is 4.79 Å². The second kappa shape index (κ2) is 20.2. The largest absolute Gasteiger partial charge is 0.481 e. The minimum absolute atomic E-state index is 0.0578. The highest BCUT2D eigenvalue weighted by molar-refractivity contribution is 5.96. The highest BCUT2D eigenvalue weighted by Gasteiger charge is 2.34. The van der Waals surface area contributed by atoms with Crippen LogP contribution in [0.15, 0.2) is 0 Å². The zero-order valence-electron chi connectivity index (χ0n) is 25.4. The van der Waals surface area contributed by atoms with Gasteiger partial charge in [-0.05, 0) is 50.5 Å². The van der Waals surface area contributed by atoms with Crippen molar-refractivity contribution in [3.05, 3.63) is 0 Å². The van der Waals surface area contributed by atoms with Crippen LogP contribution in [0.4, 0.5) is 0 Å². The fourth-order valence-electron chi connectivity index (χ4n) is 4.07. The van der Waals surface area contributed by atoms with Crippen molar-refractivity contribution in [2.24, 2.45) is 29.0 Å². The lowest BCUT2D eigenvalue weighted by molar-refractivity contribution is -0.142. The molecule has 0 saturated heterocycles. The first-order chi connectivity index (χ1) is 20.0. The lowest BCUT2D eigenvalue weighted by Gasteiger charge is -2.28. The second-order valence-corrected chi connectivity index (χ2v) is 11.0. The Balaban J connectivity index is 5.94. The number of carbonyl (C=O) groups is 7. The average Bonchev–Trinajstić information content (AvgIpc) is 2.91. The number of hydrogen-bond donors (Lipinski definition) is 9. The van der Waals surface area contributed by atoms with Gasteiger partial charge in [-0.2, -0.15) is 0 Å². The van der Waals surface area contributed by atoms with Gasteiger partial charge in [0.25, 0.3) is 0 Å². The fraction of sp³-hybridized carbons (Fsp3) is 0.741. The Kier molecular flexibility index (Phi) is 18.4. The number of hydrogen-bond acceptors (Lipinski definition) is 9. The molecule has 0 fully saturated rings. The molecule has 0 aromatic rings. The van der Waals surface area contributed by atoms with Gasteiger partial charge in [0.15, 0.2) is 0 Å². The van der Waals surface area contributed by atoms with Gasteiger partial charge in [-0.1, -0.05) is 34.1 Å². The summed E-state index contributed by atoms with van der Waals surface area (Å²) in [5, 5.41) is 28.4. The maximum atomic E-state index is 13.4. The first-order valence-corrected chi connectivity index (χ1v) is 14.4. The molecule has 43 heavy (non-hydrogen) atoms. The number of carboxylic acids is 2. The topological polar surface area (TPSA) is 286 Å². The quantitative estimate of drug-likeness (QED) is 0.0618. The van der Waals surface area contributed by atoms with Crippen LogP contribution in [0.3, 0.4) is 0 Å². The Morgan fingerprint density at radius 1 is 0.744 bits per heavy atom. The number of unbranched alkanes of at least 4 members (excludes halogenated alkanes) is 1. The summed E-state index contributed by atoms with van der Waals surface area (Å²) < 4.78 is 0. The van der Waals surface area contributed by atoms with Crippen LogP contribution >= 0.6 is 0 Å². The molecule has 12 N–H and O–H groups in total. The van der Waals surface area contributed by atoms with Gasteiger partial charge in [0, 0.05) is 6.42 Å². The molecule has 16 heteroatoms. The molecular formula is C27H49N7O9. The molecule has 0 unspecified atom stereocenters. The lowest BCUT2D eigenvalue weighted by Crippen LogP contribution is -2.60. The van der Waals surface area contributed by atoms with E-state index in [1.165, 1.54) is 0 Å². The summed E-state index contributed by atoms with van der Waals surface area (Å²) in [5.74, 6) is -7.34. The molecule has 0 aliphatic carbocycles. The minimum atomic E-state index is -1.55. The SMILES string of the molecule is CC[C@H](C)[C@H](NC(=O)[C@H](CC(=O)O)NC(=O)[C@@H](N)CC(C)C)C(=O)N[C@@H](CCC(N)=O)C(=O)N[C@@H](CCCCN)C(=O)O. The van der Waals surface area contributed by atoms with E-state index in [0.717, 1.165) is 0 Å². The Morgan fingerprint density at radius 2 is 1.30 bits per heavy atom. The Morgan fingerprint density at radius 3 is 1.79 bits per heavy atom. The highest BCUT2D eigenvalue weighted by atomic mass is 16.4. The van der Waals surface area contributed by atoms with Crippen molar-refractivity contribution in [2.75, 3.05) is 6.54 Å². The Labute approximate surface area is 251 Å². The zero-order chi connectivity index (χ0) is 33.3. The third-order valence-electron chi connectivity index (χ3n) is 6.74. The van der Waals surface area contributed by atoms with Crippen molar-refractivity contribution >= 4 is 41.5 Å². The highest BCUT2D eigenvalue weighted by Crippen LogP contribution is 2.11. The molecule has 0 heterocycles. The lowest BCUT2D eigenvalue weighted by atomic mass is 9.96. The number of aliphatic carboxylic acids is 2. The van der Waals surface area contributed by atoms with E-state index in [2.05, 4.69) is 21.3 Å². The van der Waals surface area contributed by atoms with Gasteiger partial charge in [0.05, 0.1) is 12.5 Å². The van der Waals surface area contributed by atoms with E-state index in [0.29, 0.717) is 25.8 Å². The predicted molar refractivity (Wildman–Crippen MR) is 156 cm³/mol. The summed E-state index contributed by atoms with van der Waals surface area (Å²) >= 11 is 0. The molecule has 6 atom stereocenters. The van der Waals surface area contributed by atoms with Gasteiger partial charge >= 0.3 is 11.9 Å². The van der Waals surface area contributed by atoms with Crippen molar-refractivity contribution < 1.29 is 43.8 Å². The van der Waals surface area contributed by atoms with E-state index in [1.807, 2.05) is 13.8 Å². The third-order valence-corrected chi connectivity index (χ3v) is 6.74. The standard InChI is InChI=1S/C27H49N7O9/c1-5-15(4)22(34-25(40)19(13-21(36)37)33-23(38)16(29)12-14(2)3)26(41)31-17(9-10-20(30)35)24(39)32-18(27(42)43)8-6-7-11-28/h14-19,22H,5-13,28-29H2,1-4H3,(H2,30,35)(H,31,41)(H,32,39)(H,33,38)(H,34,40)(H,36,37)(H,42,43)/t15-,16-,17-,18-,19-,22-/m0/s1. The van der Waals surface area contributed by atoms with Crippen LogP contribution < -0.4 is 38.5 Å². The summed E-state index contributed by atoms with van der Waals surface area (Å²) in [6, 6.07) is -6.50. The van der Waals surface area contributed by atoms with Crippen molar-refractivity contribution in [1.29, 1.82) is 0 Å². The summed E-state index contributed by atoms with van der Waals surface area (Å²) in [7, 11) is 0. The summed E-state index contributed by atoms with van der Waals surface area (Å²) in [5.41, 5.74) is 16.5. The molecule has 0 aliphatic rings. The normalized spacial score (nSPS) is 15.2. The molecule has 0 radical (unpaired) electrons. The van der Waals surface area contributed by atoms with Crippen molar-refractivity contribution in [1.82, 2.24) is 21.3 Å². The first kappa shape index (κ1) is 39.2. The van der Waals surface area contributed by atoms with Gasteiger partial charge in [0.2, 0.25) is 29.5 Å². The number of nitrogens with two attached hydrogens (primary N) is 3. The maximum Gasteiger partial charge on any atom is 0.326 e. The van der Waals surface area contributed by atoms with Crippen LogP contribution in [-0.4, -0.2) is 88.4 Å². The van der Waals surface area contributed by atoms with Crippen molar-refractivity contribution in [3.8, 4) is 0 Å². The van der Waals surface area contributed by atoms with Crippen LogP contribution in [0.25, 0.3) is 0 Å². The van der Waals surface area contributed by atoms with E-state index >= 15 is 0 Å². The van der Waals surface area contributed by atoms with Crippen LogP contribution in [0.1, 0.15) is 79.1 Å². The maximum absolute atomic E-state index is 13.4. The van der Waals surface area contributed by atoms with E-state index in [-0.39, 0.29) is 31.6 Å². The smallest absolute Gasteiger partial charge is 0.326 e. The van der Waals surface area contributed by atoms with E-state index in [1.54, 1.807) is 13.8 Å². The van der Waals surface area contributed by atoms with Crippen molar-refractivity contribution in [2.45, 2.75) is 109 Å². The number of rotatable bonds is 22. The van der Waals surface area contributed by atoms with Gasteiger partial charge in [0.1, 0.15) is 24.2 Å². The molecule has 0 bridgehead atoms. The van der Waals surface area contributed by atoms with Gasteiger partial charge in [-0.15, -0.1) is 0 Å². The van der Waals surface area contributed by atoms with Crippen LogP contribution in [-0.2, 0) is 33.6 Å². The molecule has 5 amide bonds. The van der Waals surface area contributed by atoms with E-state index < -0.39 is 84.0 Å². The molecule has 0 aromatic heterocycles. The summed E-state index contributed by atoms with van der Waals surface area (Å²) in [6.07, 6.45) is 0.337. The van der Waals surface area contributed by atoms with E-state index in [4.69, 9.17) is 17.2 Å². The van der Waals surface area contributed by atoms with Crippen LogP contribution in [0.5, 0.6) is 0 Å². The summed E-state index contributed by atoms with van der Waals surface area (Å²) in [6.45, 7) is 7.37. The molecule has 0 aromatic carbocycles. The van der Waals surface area contributed by atoms with Crippen LogP contribution in [0.2, 0.25) is 0 Å². The number of carboxylic acid groups (broad SMARTS) is 2. The third kappa shape index (κ3) is 15.9. The molecule has 16 nitrogen and oxygen atoms in total. The summed E-state index contributed by atoms with van der Waals surface area (Å²) in [4.78, 5) is 86.7. The van der Waals surface area contributed by atoms with Gasteiger partial charge in [-0.3, -0.25) is 28.8 Å². The molecule has 0 spiro atoms. The molecule has 0 rings (SSSR count). The second-order valence-electron chi connectivity index (χ2n) is 11.0. The molecular weight excluding hydrogens is 566 g/mol. The average molecular weight is 616 g/mol. The number of nitrogens with one attached hydrogen (secondary N) is 4. The Hall–Kier alpha value is -3.79. The van der Waals surface area contributed by atoms with Crippen molar-refractivity contribution in [3.63, 3.8) is 0 Å². The number of amides is 5. The fourth-order valence-corrected chi connectivity index (χ4v) is 4.07. The zero-order valence-corrected chi connectivity index (χ0v) is 25.4. The number of primary amides is 1. The Bertz CT molecular complexity index is 976. The molecule has 246 valence electrons. The number of carbonyl (C=O) groups excluding carboxylic acids is 5. The predicted octanol–water partition coefficient (Wildman–Crippen LogP) is -1.70. The first-order valence-electron chi connectivity index (χ1n) is 14.4.